The monoisotopic (exact) mass is 504 g/mol. The number of hydrogen-bond donors (Lipinski definition) is 4. The van der Waals surface area contributed by atoms with Gasteiger partial charge in [0.05, 0.1) is 5.25 Å². The summed E-state index contributed by atoms with van der Waals surface area (Å²) in [7, 11) is -7.83. The molecule has 0 amide bonds. The number of rotatable bonds is 9. The molecule has 12 heteroatoms. The molecule has 0 spiro atoms. The minimum Gasteiger partial charge on any atom is -0.358 e. The fraction of sp³-hybridized carbons (Fsp3) is 0.318. The first-order valence-electron chi connectivity index (χ1n) is 10.8. The van der Waals surface area contributed by atoms with Gasteiger partial charge in [-0.2, -0.15) is 12.7 Å². The Morgan fingerprint density at radius 3 is 2.15 bits per heavy atom. The van der Waals surface area contributed by atoms with Gasteiger partial charge >= 0.3 is 10.2 Å². The quantitative estimate of drug-likeness (QED) is 0.412. The minimum absolute atomic E-state index is 0.00547. The fourth-order valence-electron chi connectivity index (χ4n) is 3.87. The van der Waals surface area contributed by atoms with E-state index in [4.69, 9.17) is 5.14 Å². The summed E-state index contributed by atoms with van der Waals surface area (Å²) in [5, 5.41) is 11.7. The topological polar surface area (TPSA) is 146 Å². The van der Waals surface area contributed by atoms with Gasteiger partial charge < -0.3 is 10.6 Å². The molecule has 1 unspecified atom stereocenters. The summed E-state index contributed by atoms with van der Waals surface area (Å²) < 4.78 is 54.4. The summed E-state index contributed by atoms with van der Waals surface area (Å²) in [6, 6.07) is 18.0. The van der Waals surface area contributed by atoms with E-state index < -0.39 is 25.9 Å². The zero-order valence-electron chi connectivity index (χ0n) is 18.7. The van der Waals surface area contributed by atoms with Crippen LogP contribution in [0.25, 0.3) is 0 Å². The van der Waals surface area contributed by atoms with Crippen LogP contribution in [0.5, 0.6) is 0 Å². The van der Waals surface area contributed by atoms with Gasteiger partial charge in [-0.1, -0.05) is 36.4 Å². The van der Waals surface area contributed by atoms with Crippen LogP contribution in [0.3, 0.4) is 0 Å². The van der Waals surface area contributed by atoms with E-state index in [2.05, 4.69) is 20.3 Å². The van der Waals surface area contributed by atoms with E-state index in [0.29, 0.717) is 29.8 Å². The molecule has 4 rings (SSSR count). The molecule has 1 heterocycles. The van der Waals surface area contributed by atoms with Crippen molar-refractivity contribution in [1.82, 2.24) is 9.03 Å². The van der Waals surface area contributed by atoms with Crippen molar-refractivity contribution < 1.29 is 16.8 Å². The average Bonchev–Trinajstić information content (AvgIpc) is 3.63. The van der Waals surface area contributed by atoms with E-state index in [1.165, 1.54) is 0 Å². The van der Waals surface area contributed by atoms with Crippen LogP contribution in [0.4, 0.5) is 11.4 Å². The number of sulfonamides is 1. The third-order valence-electron chi connectivity index (χ3n) is 5.73. The van der Waals surface area contributed by atoms with Crippen LogP contribution >= 0.6 is 0 Å². The molecule has 0 bridgehead atoms. The van der Waals surface area contributed by atoms with Gasteiger partial charge in [-0.15, -0.1) is 0 Å². The minimum atomic E-state index is -4.37. The Kier molecular flexibility index (Phi) is 6.67. The Balaban J connectivity index is 1.74. The number of nitrogens with zero attached hydrogens (tertiary/aromatic N) is 2. The highest BCUT2D eigenvalue weighted by molar-refractivity contribution is 7.90. The number of anilines is 2. The van der Waals surface area contributed by atoms with Gasteiger partial charge in [0.25, 0.3) is 0 Å². The predicted octanol–water partition coefficient (Wildman–Crippen LogP) is 2.16. The molecule has 2 aromatic carbocycles. The van der Waals surface area contributed by atoms with Crippen LogP contribution in [-0.4, -0.2) is 44.6 Å². The Bertz CT molecular complexity index is 1290. The van der Waals surface area contributed by atoms with Crippen molar-refractivity contribution in [3.05, 3.63) is 72.4 Å². The molecule has 1 aliphatic heterocycles. The lowest BCUT2D eigenvalue weighted by Crippen LogP contribution is -2.65. The number of benzene rings is 2. The first-order chi connectivity index (χ1) is 16.1. The van der Waals surface area contributed by atoms with E-state index >= 15 is 0 Å². The SMILES string of the molecule is CC1=CN=C(Nc2ccccc2)N(S(N)(=O)=O)C1(CCNS(=O)(=O)C1CC1)Nc1ccccc1. The normalized spacial score (nSPS) is 20.9. The van der Waals surface area contributed by atoms with Crippen molar-refractivity contribution in [3.63, 3.8) is 0 Å². The van der Waals surface area contributed by atoms with Crippen LogP contribution in [-0.2, 0) is 20.2 Å². The third-order valence-corrected chi connectivity index (χ3v) is 8.68. The highest BCUT2D eigenvalue weighted by Gasteiger charge is 2.48. The van der Waals surface area contributed by atoms with E-state index in [-0.39, 0.29) is 24.2 Å². The Morgan fingerprint density at radius 2 is 1.59 bits per heavy atom. The maximum Gasteiger partial charge on any atom is 0.303 e. The molecule has 0 radical (unpaired) electrons. The van der Waals surface area contributed by atoms with Crippen LogP contribution in [0.2, 0.25) is 0 Å². The molecule has 1 atom stereocenters. The highest BCUT2D eigenvalue weighted by Crippen LogP contribution is 2.35. The first kappa shape index (κ1) is 24.2. The Morgan fingerprint density at radius 1 is 1.00 bits per heavy atom. The van der Waals surface area contributed by atoms with Crippen LogP contribution < -0.4 is 20.5 Å². The van der Waals surface area contributed by atoms with Crippen molar-refractivity contribution in [2.45, 2.75) is 37.1 Å². The van der Waals surface area contributed by atoms with Crippen LogP contribution in [0.15, 0.2) is 77.4 Å². The van der Waals surface area contributed by atoms with E-state index in [1.54, 1.807) is 49.5 Å². The molecule has 5 N–H and O–H groups in total. The van der Waals surface area contributed by atoms with E-state index in [9.17, 15) is 16.8 Å². The molecule has 2 aliphatic rings. The molecule has 182 valence electrons. The predicted molar refractivity (Wildman–Crippen MR) is 134 cm³/mol. The number of aliphatic imine (C=N–C) groups is 1. The summed E-state index contributed by atoms with van der Waals surface area (Å²) in [5.74, 6) is -0.00668. The largest absolute Gasteiger partial charge is 0.358 e. The number of para-hydroxylation sites is 2. The number of nitrogens with one attached hydrogen (secondary N) is 3. The Labute approximate surface area is 200 Å². The maximum absolute atomic E-state index is 13.0. The van der Waals surface area contributed by atoms with Crippen molar-refractivity contribution >= 4 is 37.6 Å². The van der Waals surface area contributed by atoms with Crippen LogP contribution in [0, 0.1) is 0 Å². The molecule has 2 aromatic rings. The van der Waals surface area contributed by atoms with Crippen molar-refractivity contribution in [1.29, 1.82) is 0 Å². The van der Waals surface area contributed by atoms with Gasteiger partial charge in [-0.3, -0.25) is 0 Å². The number of hydrogen-bond acceptors (Lipinski definition) is 7. The molecule has 0 saturated heterocycles. The fourth-order valence-corrected chi connectivity index (χ4v) is 6.30. The molecule has 1 aliphatic carbocycles. The standard InChI is InChI=1S/C22H28N6O4S2/c1-17-16-24-21(26-18-8-4-2-5-9-18)28(34(23,31)32)22(17,27-19-10-6-3-7-11-19)14-15-25-33(29,30)20-12-13-20/h2-11,16,20,25,27H,12-15H2,1H3,(H,24,26)(H2,23,31,32). The highest BCUT2D eigenvalue weighted by atomic mass is 32.2. The number of guanidine groups is 1. The maximum atomic E-state index is 13.0. The third kappa shape index (κ3) is 5.25. The van der Waals surface area contributed by atoms with Crippen molar-refractivity contribution in [2.75, 3.05) is 17.2 Å². The summed E-state index contributed by atoms with van der Waals surface area (Å²) in [4.78, 5) is 4.32. The van der Waals surface area contributed by atoms with Crippen molar-refractivity contribution in [3.8, 4) is 0 Å². The summed E-state index contributed by atoms with van der Waals surface area (Å²) >= 11 is 0. The van der Waals surface area contributed by atoms with Crippen LogP contribution in [0.1, 0.15) is 26.2 Å². The zero-order valence-corrected chi connectivity index (χ0v) is 20.3. The molecular formula is C22H28N6O4S2. The van der Waals surface area contributed by atoms with Gasteiger partial charge in [0.1, 0.15) is 0 Å². The first-order valence-corrected chi connectivity index (χ1v) is 13.9. The average molecular weight is 505 g/mol. The lowest BCUT2D eigenvalue weighted by Gasteiger charge is -2.46. The second-order valence-corrected chi connectivity index (χ2v) is 11.7. The van der Waals surface area contributed by atoms with E-state index in [0.717, 1.165) is 4.31 Å². The van der Waals surface area contributed by atoms with Gasteiger partial charge in [0.2, 0.25) is 16.0 Å². The Hall–Kier alpha value is -2.93. The van der Waals surface area contributed by atoms with Gasteiger partial charge in [0, 0.05) is 30.5 Å². The summed E-state index contributed by atoms with van der Waals surface area (Å²) in [5.41, 5.74) is 0.385. The smallest absolute Gasteiger partial charge is 0.303 e. The van der Waals surface area contributed by atoms with E-state index in [1.807, 2.05) is 24.3 Å². The summed E-state index contributed by atoms with van der Waals surface area (Å²) in [6.07, 6.45) is 2.87. The molecule has 1 fully saturated rings. The number of nitrogens with two attached hydrogens (primary N) is 1. The lowest BCUT2D eigenvalue weighted by molar-refractivity contribution is 0.323. The van der Waals surface area contributed by atoms with Gasteiger partial charge in [0.15, 0.2) is 5.66 Å². The molecule has 34 heavy (non-hydrogen) atoms. The molecular weight excluding hydrogens is 476 g/mol. The van der Waals surface area contributed by atoms with Gasteiger partial charge in [-0.05, 0) is 49.6 Å². The summed E-state index contributed by atoms with van der Waals surface area (Å²) in [6.45, 7) is 1.72. The second kappa shape index (κ2) is 9.37. The molecule has 1 saturated carbocycles. The van der Waals surface area contributed by atoms with Crippen molar-refractivity contribution in [2.24, 2.45) is 10.1 Å². The zero-order chi connectivity index (χ0) is 24.4. The molecule has 10 nitrogen and oxygen atoms in total. The van der Waals surface area contributed by atoms with Gasteiger partial charge in [-0.25, -0.2) is 23.3 Å². The molecule has 0 aromatic heterocycles. The lowest BCUT2D eigenvalue weighted by atomic mass is 9.95. The second-order valence-electron chi connectivity index (χ2n) is 8.31.